The Bertz CT molecular complexity index is 192. The van der Waals surface area contributed by atoms with Gasteiger partial charge in [-0.15, -0.1) is 0 Å². The van der Waals surface area contributed by atoms with Crippen LogP contribution in [0.3, 0.4) is 0 Å². The van der Waals surface area contributed by atoms with Gasteiger partial charge < -0.3 is 0 Å². The first-order valence-electron chi connectivity index (χ1n) is 4.33. The van der Waals surface area contributed by atoms with Crippen molar-refractivity contribution in [1.82, 2.24) is 0 Å². The Morgan fingerprint density at radius 2 is 1.82 bits per heavy atom. The quantitative estimate of drug-likeness (QED) is 0.508. The van der Waals surface area contributed by atoms with Crippen LogP contribution < -0.4 is 0 Å². The van der Waals surface area contributed by atoms with Gasteiger partial charge in [0.25, 0.3) is 0 Å². The molecule has 2 heteroatoms. The number of fused-ring (bicyclic) bond motifs is 2. The summed E-state index contributed by atoms with van der Waals surface area (Å²) >= 11 is 0. The fraction of sp³-hybridized carbons (Fsp3) is 0.778. The van der Waals surface area contributed by atoms with E-state index in [0.29, 0.717) is 10.5 Å². The van der Waals surface area contributed by atoms with Crippen LogP contribution in [0.2, 0.25) is 0 Å². The van der Waals surface area contributed by atoms with E-state index in [-0.39, 0.29) is 0 Å². The average molecular weight is 170 g/mol. The number of hydrogen-bond acceptors (Lipinski definition) is 1. The molecule has 0 aromatic carbocycles. The molecule has 11 heavy (non-hydrogen) atoms. The Kier molecular flexibility index (Phi) is 1.88. The molecule has 0 saturated carbocycles. The Morgan fingerprint density at radius 1 is 1.27 bits per heavy atom. The Balaban J connectivity index is 2.19. The molecule has 0 aliphatic carbocycles. The van der Waals surface area contributed by atoms with Crippen LogP contribution in [0, 0.1) is 0 Å². The zero-order valence-electron chi connectivity index (χ0n) is 6.71. The molecule has 2 rings (SSSR count). The average Bonchev–Trinajstić information content (AvgIpc) is 1.92. The van der Waals surface area contributed by atoms with E-state index >= 15 is 0 Å². The molecule has 2 unspecified atom stereocenters. The summed E-state index contributed by atoms with van der Waals surface area (Å²) in [6.45, 7) is 4.00. The van der Waals surface area contributed by atoms with Crippen LogP contribution in [0.15, 0.2) is 12.2 Å². The minimum absolute atomic E-state index is 0.468. The van der Waals surface area contributed by atoms with Crippen molar-refractivity contribution in [1.29, 1.82) is 0 Å². The number of allylic oxidation sites excluding steroid dienone is 1. The van der Waals surface area contributed by atoms with Crippen LogP contribution in [0.25, 0.3) is 0 Å². The van der Waals surface area contributed by atoms with Gasteiger partial charge in [-0.1, -0.05) is 18.6 Å². The molecule has 0 amide bonds. The second-order valence-electron chi connectivity index (χ2n) is 3.66. The zero-order chi connectivity index (χ0) is 7.84. The maximum atomic E-state index is 11.6. The lowest BCUT2D eigenvalue weighted by atomic mass is 9.95. The summed E-state index contributed by atoms with van der Waals surface area (Å²) in [5, 5.41) is 0.935. The van der Waals surface area contributed by atoms with Gasteiger partial charge in [0.2, 0.25) is 0 Å². The van der Waals surface area contributed by atoms with Crippen LogP contribution in [0.1, 0.15) is 32.1 Å². The molecule has 0 radical (unpaired) electrons. The second-order valence-corrected chi connectivity index (χ2v) is 5.65. The van der Waals surface area contributed by atoms with Crippen LogP contribution in [-0.2, 0) is 10.8 Å². The zero-order valence-corrected chi connectivity index (χ0v) is 7.53. The second kappa shape index (κ2) is 2.74. The van der Waals surface area contributed by atoms with E-state index in [1.165, 1.54) is 24.8 Å². The third-order valence-corrected chi connectivity index (χ3v) is 4.86. The highest BCUT2D eigenvalue weighted by atomic mass is 32.2. The van der Waals surface area contributed by atoms with Crippen molar-refractivity contribution in [2.24, 2.45) is 0 Å². The van der Waals surface area contributed by atoms with Crippen LogP contribution in [0.4, 0.5) is 0 Å². The van der Waals surface area contributed by atoms with Crippen LogP contribution in [0.5, 0.6) is 0 Å². The molecule has 2 bridgehead atoms. The van der Waals surface area contributed by atoms with Crippen molar-refractivity contribution < 1.29 is 4.21 Å². The standard InChI is InChI=1S/C9H14OS/c1-7-5-8-3-2-4-9(6-7)11(8)10/h8-9H,1-6H2. The smallest absolute Gasteiger partial charge is 0.0387 e. The van der Waals surface area contributed by atoms with Crippen molar-refractivity contribution >= 4 is 10.8 Å². The molecule has 2 heterocycles. The molecule has 62 valence electrons. The first-order chi connectivity index (χ1) is 5.27. The van der Waals surface area contributed by atoms with E-state index in [2.05, 4.69) is 6.58 Å². The first-order valence-corrected chi connectivity index (χ1v) is 5.61. The monoisotopic (exact) mass is 170 g/mol. The summed E-state index contributed by atoms with van der Waals surface area (Å²) in [5.74, 6) is 0. The van der Waals surface area contributed by atoms with Gasteiger partial charge in [0.05, 0.1) is 0 Å². The third kappa shape index (κ3) is 1.28. The Hall–Kier alpha value is -0.110. The predicted molar refractivity (Wildman–Crippen MR) is 47.9 cm³/mol. The third-order valence-electron chi connectivity index (χ3n) is 2.74. The number of hydrogen-bond donors (Lipinski definition) is 0. The molecule has 1 nitrogen and oxygen atoms in total. The van der Waals surface area contributed by atoms with Crippen molar-refractivity contribution in [3.63, 3.8) is 0 Å². The SMILES string of the molecule is C=C1CC2CCCC(C1)S2=O. The largest absolute Gasteiger partial charge is 0.259 e. The van der Waals surface area contributed by atoms with Crippen molar-refractivity contribution in [2.45, 2.75) is 42.6 Å². The van der Waals surface area contributed by atoms with E-state index in [1.807, 2.05) is 0 Å². The first kappa shape index (κ1) is 7.53. The fourth-order valence-electron chi connectivity index (χ4n) is 2.17. The molecule has 2 aliphatic rings. The van der Waals surface area contributed by atoms with E-state index in [1.54, 1.807) is 0 Å². The molecule has 0 N–H and O–H groups in total. The van der Waals surface area contributed by atoms with E-state index in [4.69, 9.17) is 0 Å². The van der Waals surface area contributed by atoms with Gasteiger partial charge in [-0.3, -0.25) is 4.21 Å². The van der Waals surface area contributed by atoms with Crippen molar-refractivity contribution in [3.05, 3.63) is 12.2 Å². The number of rotatable bonds is 0. The summed E-state index contributed by atoms with van der Waals surface area (Å²) in [6.07, 6.45) is 5.69. The van der Waals surface area contributed by atoms with Gasteiger partial charge in [0, 0.05) is 21.3 Å². The Morgan fingerprint density at radius 3 is 2.36 bits per heavy atom. The van der Waals surface area contributed by atoms with Gasteiger partial charge in [-0.05, 0) is 25.7 Å². The molecule has 2 aliphatic heterocycles. The molecular weight excluding hydrogens is 156 g/mol. The van der Waals surface area contributed by atoms with Crippen molar-refractivity contribution in [3.8, 4) is 0 Å². The fourth-order valence-corrected chi connectivity index (χ4v) is 4.32. The summed E-state index contributed by atoms with van der Waals surface area (Å²) < 4.78 is 11.6. The van der Waals surface area contributed by atoms with Gasteiger partial charge in [0.15, 0.2) is 0 Å². The summed E-state index contributed by atoms with van der Waals surface area (Å²) in [5.41, 5.74) is 1.33. The highest BCUT2D eigenvalue weighted by molar-refractivity contribution is 7.86. The molecule has 0 spiro atoms. The minimum Gasteiger partial charge on any atom is -0.259 e. The van der Waals surface area contributed by atoms with Crippen molar-refractivity contribution in [2.75, 3.05) is 0 Å². The molecule has 0 aromatic rings. The lowest BCUT2D eigenvalue weighted by molar-refractivity contribution is 0.519. The Labute approximate surface area is 70.3 Å². The molecular formula is C9H14OS. The lowest BCUT2D eigenvalue weighted by Gasteiger charge is -2.34. The topological polar surface area (TPSA) is 17.1 Å². The van der Waals surface area contributed by atoms with Gasteiger partial charge in [-0.2, -0.15) is 0 Å². The molecule has 0 aromatic heterocycles. The molecule has 2 fully saturated rings. The summed E-state index contributed by atoms with van der Waals surface area (Å²) in [6, 6.07) is 0. The molecule has 2 atom stereocenters. The highest BCUT2D eigenvalue weighted by Crippen LogP contribution is 2.35. The van der Waals surface area contributed by atoms with E-state index in [0.717, 1.165) is 12.8 Å². The van der Waals surface area contributed by atoms with Gasteiger partial charge in [0.1, 0.15) is 0 Å². The molecule has 2 saturated heterocycles. The van der Waals surface area contributed by atoms with E-state index in [9.17, 15) is 4.21 Å². The van der Waals surface area contributed by atoms with Crippen LogP contribution in [-0.4, -0.2) is 14.7 Å². The van der Waals surface area contributed by atoms with E-state index < -0.39 is 10.8 Å². The van der Waals surface area contributed by atoms with Crippen LogP contribution >= 0.6 is 0 Å². The predicted octanol–water partition coefficient (Wildman–Crippen LogP) is 2.01. The lowest BCUT2D eigenvalue weighted by Crippen LogP contribution is -2.35. The maximum Gasteiger partial charge on any atom is 0.0387 e. The summed E-state index contributed by atoms with van der Waals surface area (Å²) in [7, 11) is -0.517. The minimum atomic E-state index is -0.517. The maximum absolute atomic E-state index is 11.6. The summed E-state index contributed by atoms with van der Waals surface area (Å²) in [4.78, 5) is 0. The highest BCUT2D eigenvalue weighted by Gasteiger charge is 2.34. The van der Waals surface area contributed by atoms with Gasteiger partial charge >= 0.3 is 0 Å². The normalized spacial score (nSPS) is 44.0. The van der Waals surface area contributed by atoms with Gasteiger partial charge in [-0.25, -0.2) is 0 Å².